The monoisotopic (exact) mass is 325 g/mol. The number of para-hydroxylation sites is 1. The van der Waals surface area contributed by atoms with E-state index in [0.29, 0.717) is 5.92 Å². The Balaban J connectivity index is 1.99. The van der Waals surface area contributed by atoms with Gasteiger partial charge < -0.3 is 10.1 Å². The topological polar surface area (TPSA) is 38.3 Å². The molecule has 0 aliphatic heterocycles. The first-order valence-electron chi connectivity index (χ1n) is 8.58. The second-order valence-corrected chi connectivity index (χ2v) is 6.44. The molecule has 0 fully saturated rings. The van der Waals surface area contributed by atoms with Crippen molar-refractivity contribution in [3.63, 3.8) is 0 Å². The Kier molecular flexibility index (Phi) is 6.42. The van der Waals surface area contributed by atoms with E-state index in [1.807, 2.05) is 31.2 Å². The van der Waals surface area contributed by atoms with Gasteiger partial charge in [-0.1, -0.05) is 63.2 Å². The number of nitrogens with one attached hydrogen (secondary N) is 1. The van der Waals surface area contributed by atoms with Gasteiger partial charge in [-0.25, -0.2) is 0 Å². The van der Waals surface area contributed by atoms with E-state index < -0.39 is 0 Å². The lowest BCUT2D eigenvalue weighted by Gasteiger charge is -2.23. The second kappa shape index (κ2) is 8.53. The molecule has 2 aromatic rings. The SMILES string of the molecule is CCc1ccc(C(NC(=O)COc2ccccc2C)C(C)C)cc1. The largest absolute Gasteiger partial charge is 0.484 e. The van der Waals surface area contributed by atoms with Gasteiger partial charge in [-0.2, -0.15) is 0 Å². The molecule has 3 nitrogen and oxygen atoms in total. The number of hydrogen-bond donors (Lipinski definition) is 1. The summed E-state index contributed by atoms with van der Waals surface area (Å²) in [6, 6.07) is 16.2. The molecule has 128 valence electrons. The molecule has 1 amide bonds. The van der Waals surface area contributed by atoms with Crippen molar-refractivity contribution in [2.24, 2.45) is 5.92 Å². The minimum absolute atomic E-state index is 0.0103. The number of aryl methyl sites for hydroxylation is 2. The normalized spacial score (nSPS) is 12.0. The van der Waals surface area contributed by atoms with Crippen LogP contribution in [0.25, 0.3) is 0 Å². The van der Waals surface area contributed by atoms with Gasteiger partial charge in [-0.3, -0.25) is 4.79 Å². The van der Waals surface area contributed by atoms with E-state index in [1.165, 1.54) is 5.56 Å². The maximum Gasteiger partial charge on any atom is 0.258 e. The molecule has 0 aliphatic rings. The molecule has 0 bridgehead atoms. The summed E-state index contributed by atoms with van der Waals surface area (Å²) in [6.45, 7) is 8.36. The molecule has 1 N–H and O–H groups in total. The molecule has 0 aliphatic carbocycles. The average Bonchev–Trinajstić information content (AvgIpc) is 2.59. The van der Waals surface area contributed by atoms with E-state index in [2.05, 4.69) is 50.4 Å². The predicted octanol–water partition coefficient (Wildman–Crippen LogP) is 4.45. The summed E-state index contributed by atoms with van der Waals surface area (Å²) in [5, 5.41) is 3.10. The van der Waals surface area contributed by atoms with Crippen molar-refractivity contribution in [3.8, 4) is 5.75 Å². The Morgan fingerprint density at radius 2 is 1.75 bits per heavy atom. The maximum absolute atomic E-state index is 12.3. The van der Waals surface area contributed by atoms with Crippen molar-refractivity contribution < 1.29 is 9.53 Å². The number of rotatable bonds is 7. The summed E-state index contributed by atoms with van der Waals surface area (Å²) in [4.78, 5) is 12.3. The highest BCUT2D eigenvalue weighted by atomic mass is 16.5. The minimum Gasteiger partial charge on any atom is -0.484 e. The van der Waals surface area contributed by atoms with Crippen LogP contribution < -0.4 is 10.1 Å². The van der Waals surface area contributed by atoms with Crippen molar-refractivity contribution >= 4 is 5.91 Å². The van der Waals surface area contributed by atoms with Gasteiger partial charge in [0.15, 0.2) is 6.61 Å². The standard InChI is InChI=1S/C21H27NO2/c1-5-17-10-12-18(13-11-17)21(15(2)3)22-20(23)14-24-19-9-7-6-8-16(19)4/h6-13,15,21H,5,14H2,1-4H3,(H,22,23). The van der Waals surface area contributed by atoms with Gasteiger partial charge in [-0.05, 0) is 42.0 Å². The summed E-state index contributed by atoms with van der Waals surface area (Å²) in [7, 11) is 0. The fourth-order valence-electron chi connectivity index (χ4n) is 2.67. The smallest absolute Gasteiger partial charge is 0.258 e. The van der Waals surface area contributed by atoms with Gasteiger partial charge in [0.1, 0.15) is 5.75 Å². The van der Waals surface area contributed by atoms with Crippen LogP contribution in [0.2, 0.25) is 0 Å². The molecule has 0 spiro atoms. The van der Waals surface area contributed by atoms with Crippen molar-refractivity contribution in [2.75, 3.05) is 6.61 Å². The van der Waals surface area contributed by atoms with Crippen LogP contribution in [0.1, 0.15) is 43.5 Å². The molecule has 0 aromatic heterocycles. The molecule has 1 atom stereocenters. The highest BCUT2D eigenvalue weighted by Crippen LogP contribution is 2.22. The highest BCUT2D eigenvalue weighted by molar-refractivity contribution is 5.78. The van der Waals surface area contributed by atoms with Crippen LogP contribution in [0.3, 0.4) is 0 Å². The number of hydrogen-bond acceptors (Lipinski definition) is 2. The molecule has 24 heavy (non-hydrogen) atoms. The first-order valence-corrected chi connectivity index (χ1v) is 8.58. The van der Waals surface area contributed by atoms with Crippen LogP contribution in [-0.2, 0) is 11.2 Å². The summed E-state index contributed by atoms with van der Waals surface area (Å²) in [6.07, 6.45) is 1.02. The second-order valence-electron chi connectivity index (χ2n) is 6.44. The lowest BCUT2D eigenvalue weighted by atomic mass is 9.95. The maximum atomic E-state index is 12.3. The van der Waals surface area contributed by atoms with E-state index >= 15 is 0 Å². The van der Waals surface area contributed by atoms with E-state index in [1.54, 1.807) is 0 Å². The number of benzene rings is 2. The highest BCUT2D eigenvalue weighted by Gasteiger charge is 2.18. The van der Waals surface area contributed by atoms with Crippen LogP contribution >= 0.6 is 0 Å². The van der Waals surface area contributed by atoms with E-state index in [9.17, 15) is 4.79 Å². The zero-order valence-corrected chi connectivity index (χ0v) is 15.0. The fourth-order valence-corrected chi connectivity index (χ4v) is 2.67. The third kappa shape index (κ3) is 4.85. The third-order valence-electron chi connectivity index (χ3n) is 4.18. The Bertz CT molecular complexity index is 662. The molecule has 2 rings (SSSR count). The predicted molar refractivity (Wildman–Crippen MR) is 98.2 cm³/mol. The van der Waals surface area contributed by atoms with Gasteiger partial charge in [0.05, 0.1) is 6.04 Å². The first-order chi connectivity index (χ1) is 11.5. The van der Waals surface area contributed by atoms with Crippen LogP contribution in [0.5, 0.6) is 5.75 Å². The molecular weight excluding hydrogens is 298 g/mol. The third-order valence-corrected chi connectivity index (χ3v) is 4.18. The molecule has 0 heterocycles. The molecular formula is C21H27NO2. The van der Waals surface area contributed by atoms with Crippen LogP contribution in [0.15, 0.2) is 48.5 Å². The number of carbonyl (C=O) groups excluding carboxylic acids is 1. The Morgan fingerprint density at radius 1 is 1.08 bits per heavy atom. The zero-order chi connectivity index (χ0) is 17.5. The van der Waals surface area contributed by atoms with Gasteiger partial charge >= 0.3 is 0 Å². The molecule has 0 saturated carbocycles. The first kappa shape index (κ1) is 18.1. The average molecular weight is 325 g/mol. The van der Waals surface area contributed by atoms with E-state index in [4.69, 9.17) is 4.74 Å². The fraction of sp³-hybridized carbons (Fsp3) is 0.381. The van der Waals surface area contributed by atoms with Crippen molar-refractivity contribution in [3.05, 3.63) is 65.2 Å². The van der Waals surface area contributed by atoms with Crippen LogP contribution in [0, 0.1) is 12.8 Å². The summed E-state index contributed by atoms with van der Waals surface area (Å²) in [5.74, 6) is 0.956. The van der Waals surface area contributed by atoms with Gasteiger partial charge in [0, 0.05) is 0 Å². The number of amides is 1. The quantitative estimate of drug-likeness (QED) is 0.817. The van der Waals surface area contributed by atoms with E-state index in [0.717, 1.165) is 23.3 Å². The van der Waals surface area contributed by atoms with Crippen molar-refractivity contribution in [1.29, 1.82) is 0 Å². The number of carbonyl (C=O) groups is 1. The van der Waals surface area contributed by atoms with Crippen LogP contribution in [-0.4, -0.2) is 12.5 Å². The zero-order valence-electron chi connectivity index (χ0n) is 15.0. The van der Waals surface area contributed by atoms with Gasteiger partial charge in [0.2, 0.25) is 0 Å². The summed E-state index contributed by atoms with van der Waals surface area (Å²) in [5.41, 5.74) is 3.46. The molecule has 0 saturated heterocycles. The van der Waals surface area contributed by atoms with Crippen molar-refractivity contribution in [1.82, 2.24) is 5.32 Å². The molecule has 0 radical (unpaired) electrons. The van der Waals surface area contributed by atoms with Crippen LogP contribution in [0.4, 0.5) is 0 Å². The lowest BCUT2D eigenvalue weighted by Crippen LogP contribution is -2.35. The minimum atomic E-state index is -0.100. The summed E-state index contributed by atoms with van der Waals surface area (Å²) < 4.78 is 5.64. The summed E-state index contributed by atoms with van der Waals surface area (Å²) >= 11 is 0. The molecule has 2 aromatic carbocycles. The van der Waals surface area contributed by atoms with Gasteiger partial charge in [0.25, 0.3) is 5.91 Å². The Hall–Kier alpha value is -2.29. The Labute approximate surface area is 145 Å². The van der Waals surface area contributed by atoms with Crippen molar-refractivity contribution in [2.45, 2.75) is 40.2 Å². The van der Waals surface area contributed by atoms with E-state index in [-0.39, 0.29) is 18.6 Å². The molecule has 1 unspecified atom stereocenters. The molecule has 3 heteroatoms. The lowest BCUT2D eigenvalue weighted by molar-refractivity contribution is -0.124. The number of ether oxygens (including phenoxy) is 1. The van der Waals surface area contributed by atoms with Gasteiger partial charge in [-0.15, -0.1) is 0 Å². The Morgan fingerprint density at radius 3 is 2.33 bits per heavy atom.